The van der Waals surface area contributed by atoms with E-state index in [4.69, 9.17) is 21.9 Å². The van der Waals surface area contributed by atoms with Gasteiger partial charge in [0.15, 0.2) is 5.11 Å². The molecule has 0 amide bonds. The monoisotopic (exact) mass is 398 g/mol. The summed E-state index contributed by atoms with van der Waals surface area (Å²) in [5.41, 5.74) is 2.05. The summed E-state index contributed by atoms with van der Waals surface area (Å²) >= 11 is 7.38. The average Bonchev–Trinajstić information content (AvgIpc) is 3.11. The van der Waals surface area contributed by atoms with Gasteiger partial charge in [0.2, 0.25) is 0 Å². The average molecular weight is 399 g/mol. The Morgan fingerprint density at radius 2 is 1.96 bits per heavy atom. The van der Waals surface area contributed by atoms with Crippen LogP contribution in [0.1, 0.15) is 5.01 Å². The van der Waals surface area contributed by atoms with Crippen LogP contribution in [0.5, 0.6) is 5.75 Å². The van der Waals surface area contributed by atoms with Crippen molar-refractivity contribution in [3.63, 3.8) is 0 Å². The number of aromatic nitrogens is 1. The second-order valence-electron chi connectivity index (χ2n) is 6.50. The highest BCUT2D eigenvalue weighted by molar-refractivity contribution is 7.80. The number of nitrogens with zero attached hydrogens (tertiary/aromatic N) is 3. The largest absolute Gasteiger partial charge is 0.497 e. The molecule has 1 saturated heterocycles. The summed E-state index contributed by atoms with van der Waals surface area (Å²) in [6.07, 6.45) is 0. The lowest BCUT2D eigenvalue weighted by molar-refractivity contribution is 0.177. The molecule has 1 N–H and O–H groups in total. The SMILES string of the molecule is COc1cccc(NC(=S)N2CCN(Cc3nc4ccccc4s3)CC2)c1. The first-order chi connectivity index (χ1) is 13.2. The molecule has 7 heteroatoms. The number of methoxy groups -OCH3 is 1. The summed E-state index contributed by atoms with van der Waals surface area (Å²) in [6.45, 7) is 4.70. The number of anilines is 1. The second-order valence-corrected chi connectivity index (χ2v) is 8.00. The number of benzene rings is 2. The molecule has 1 aliphatic rings. The summed E-state index contributed by atoms with van der Waals surface area (Å²) in [7, 11) is 1.67. The Morgan fingerprint density at radius 3 is 2.74 bits per heavy atom. The van der Waals surface area contributed by atoms with E-state index in [2.05, 4.69) is 33.3 Å². The highest BCUT2D eigenvalue weighted by atomic mass is 32.1. The zero-order chi connectivity index (χ0) is 18.6. The van der Waals surface area contributed by atoms with E-state index in [0.717, 1.165) is 54.8 Å². The van der Waals surface area contributed by atoms with E-state index in [0.29, 0.717) is 0 Å². The van der Waals surface area contributed by atoms with E-state index in [-0.39, 0.29) is 0 Å². The molecule has 0 atom stereocenters. The Morgan fingerprint density at radius 1 is 1.15 bits per heavy atom. The predicted octanol–water partition coefficient (Wildman–Crippen LogP) is 3.82. The molecule has 1 aromatic heterocycles. The Labute approximate surface area is 168 Å². The molecule has 0 bridgehead atoms. The molecule has 0 radical (unpaired) electrons. The van der Waals surface area contributed by atoms with E-state index in [1.165, 1.54) is 9.71 Å². The van der Waals surface area contributed by atoms with Crippen molar-refractivity contribution in [2.24, 2.45) is 0 Å². The fourth-order valence-electron chi connectivity index (χ4n) is 3.19. The van der Waals surface area contributed by atoms with Gasteiger partial charge >= 0.3 is 0 Å². The van der Waals surface area contributed by atoms with Crippen LogP contribution in [0.25, 0.3) is 10.2 Å². The van der Waals surface area contributed by atoms with Crippen molar-refractivity contribution in [3.8, 4) is 5.75 Å². The number of para-hydroxylation sites is 1. The number of thiocarbonyl (C=S) groups is 1. The minimum absolute atomic E-state index is 0.767. The zero-order valence-corrected chi connectivity index (χ0v) is 16.9. The number of hydrogen-bond acceptors (Lipinski definition) is 5. The normalized spacial score (nSPS) is 15.1. The quantitative estimate of drug-likeness (QED) is 0.674. The first-order valence-electron chi connectivity index (χ1n) is 8.98. The lowest BCUT2D eigenvalue weighted by Crippen LogP contribution is -2.49. The lowest BCUT2D eigenvalue weighted by atomic mass is 10.3. The number of nitrogens with one attached hydrogen (secondary N) is 1. The maximum absolute atomic E-state index is 5.59. The number of fused-ring (bicyclic) bond motifs is 1. The number of hydrogen-bond donors (Lipinski definition) is 1. The summed E-state index contributed by atoms with van der Waals surface area (Å²) in [5, 5.41) is 5.27. The van der Waals surface area contributed by atoms with Crippen molar-refractivity contribution in [2.45, 2.75) is 6.54 Å². The molecular formula is C20H22N4OS2. The molecule has 0 saturated carbocycles. The van der Waals surface area contributed by atoms with Crippen molar-refractivity contribution in [2.75, 3.05) is 38.6 Å². The Kier molecular flexibility index (Phi) is 5.52. The van der Waals surface area contributed by atoms with Gasteiger partial charge in [-0.05, 0) is 36.5 Å². The van der Waals surface area contributed by atoms with Gasteiger partial charge in [0, 0.05) is 37.9 Å². The molecule has 27 heavy (non-hydrogen) atoms. The van der Waals surface area contributed by atoms with Crippen LogP contribution in [0.4, 0.5) is 5.69 Å². The molecule has 2 heterocycles. The van der Waals surface area contributed by atoms with Crippen molar-refractivity contribution in [3.05, 3.63) is 53.5 Å². The van der Waals surface area contributed by atoms with Crippen LogP contribution in [0, 0.1) is 0 Å². The molecule has 0 unspecified atom stereocenters. The first kappa shape index (κ1) is 18.2. The molecule has 1 fully saturated rings. The third-order valence-electron chi connectivity index (χ3n) is 4.68. The van der Waals surface area contributed by atoms with E-state index in [1.807, 2.05) is 30.3 Å². The van der Waals surface area contributed by atoms with E-state index in [1.54, 1.807) is 18.4 Å². The maximum Gasteiger partial charge on any atom is 0.173 e. The predicted molar refractivity (Wildman–Crippen MR) is 116 cm³/mol. The summed E-state index contributed by atoms with van der Waals surface area (Å²) in [4.78, 5) is 9.42. The molecule has 0 spiro atoms. The smallest absolute Gasteiger partial charge is 0.173 e. The Bertz CT molecular complexity index is 901. The van der Waals surface area contributed by atoms with Gasteiger partial charge in [0.05, 0.1) is 23.9 Å². The van der Waals surface area contributed by atoms with Crippen LogP contribution in [-0.2, 0) is 6.54 Å². The van der Waals surface area contributed by atoms with Crippen molar-refractivity contribution < 1.29 is 4.74 Å². The minimum atomic E-state index is 0.767. The summed E-state index contributed by atoms with van der Waals surface area (Å²) < 4.78 is 6.52. The summed E-state index contributed by atoms with van der Waals surface area (Å²) in [6, 6.07) is 16.2. The molecule has 1 aliphatic heterocycles. The molecule has 3 aromatic rings. The highest BCUT2D eigenvalue weighted by Gasteiger charge is 2.20. The van der Waals surface area contributed by atoms with Crippen molar-refractivity contribution >= 4 is 44.6 Å². The van der Waals surface area contributed by atoms with Crippen LogP contribution in [0.15, 0.2) is 48.5 Å². The minimum Gasteiger partial charge on any atom is -0.497 e. The topological polar surface area (TPSA) is 40.6 Å². The number of rotatable bonds is 4. The highest BCUT2D eigenvalue weighted by Crippen LogP contribution is 2.23. The fraction of sp³-hybridized carbons (Fsp3) is 0.300. The van der Waals surface area contributed by atoms with Crippen LogP contribution < -0.4 is 10.1 Å². The van der Waals surface area contributed by atoms with Gasteiger partial charge in [-0.1, -0.05) is 18.2 Å². The molecule has 140 valence electrons. The summed E-state index contributed by atoms with van der Waals surface area (Å²) in [5.74, 6) is 0.823. The molecule has 5 nitrogen and oxygen atoms in total. The first-order valence-corrected chi connectivity index (χ1v) is 10.2. The number of piperazine rings is 1. The van der Waals surface area contributed by atoms with Gasteiger partial charge in [0.1, 0.15) is 10.8 Å². The Hall–Kier alpha value is -2.22. The third-order valence-corrected chi connectivity index (χ3v) is 6.06. The van der Waals surface area contributed by atoms with Gasteiger partial charge in [-0.25, -0.2) is 4.98 Å². The van der Waals surface area contributed by atoms with Gasteiger partial charge in [-0.3, -0.25) is 4.90 Å². The third kappa shape index (κ3) is 4.37. The van der Waals surface area contributed by atoms with Crippen LogP contribution >= 0.6 is 23.6 Å². The zero-order valence-electron chi connectivity index (χ0n) is 15.2. The maximum atomic E-state index is 5.59. The van der Waals surface area contributed by atoms with Gasteiger partial charge in [-0.2, -0.15) is 0 Å². The van der Waals surface area contributed by atoms with Crippen LogP contribution in [-0.4, -0.2) is 53.2 Å². The standard InChI is InChI=1S/C20H22N4OS2/c1-25-16-6-4-5-15(13-16)21-20(26)24-11-9-23(10-12-24)14-19-22-17-7-2-3-8-18(17)27-19/h2-8,13H,9-12,14H2,1H3,(H,21,26). The Balaban J connectivity index is 1.30. The van der Waals surface area contributed by atoms with E-state index < -0.39 is 0 Å². The van der Waals surface area contributed by atoms with Gasteiger partial charge < -0.3 is 15.0 Å². The van der Waals surface area contributed by atoms with Crippen LogP contribution in [0.2, 0.25) is 0 Å². The van der Waals surface area contributed by atoms with Gasteiger partial charge in [0.25, 0.3) is 0 Å². The van der Waals surface area contributed by atoms with Crippen molar-refractivity contribution in [1.29, 1.82) is 0 Å². The molecule has 0 aliphatic carbocycles. The molecular weight excluding hydrogens is 376 g/mol. The number of ether oxygens (including phenoxy) is 1. The van der Waals surface area contributed by atoms with E-state index in [9.17, 15) is 0 Å². The van der Waals surface area contributed by atoms with Crippen molar-refractivity contribution in [1.82, 2.24) is 14.8 Å². The molecule has 2 aromatic carbocycles. The second kappa shape index (κ2) is 8.21. The number of thiazole rings is 1. The van der Waals surface area contributed by atoms with Gasteiger partial charge in [-0.15, -0.1) is 11.3 Å². The fourth-order valence-corrected chi connectivity index (χ4v) is 4.50. The van der Waals surface area contributed by atoms with E-state index >= 15 is 0 Å². The lowest BCUT2D eigenvalue weighted by Gasteiger charge is -2.35. The molecule has 4 rings (SSSR count). The van der Waals surface area contributed by atoms with Crippen LogP contribution in [0.3, 0.4) is 0 Å².